The second-order valence-corrected chi connectivity index (χ2v) is 5.91. The summed E-state index contributed by atoms with van der Waals surface area (Å²) >= 11 is 7.37. The summed E-state index contributed by atoms with van der Waals surface area (Å²) in [4.78, 5) is 16.7. The predicted octanol–water partition coefficient (Wildman–Crippen LogP) is 4.74. The summed E-state index contributed by atoms with van der Waals surface area (Å²) in [6.45, 7) is 0. The topological polar surface area (TPSA) is 50.2 Å². The SMILES string of the molecule is O=C(O)c1cccc2nc(Sc3ccc(Cl)cc3)ccc12. The van der Waals surface area contributed by atoms with Gasteiger partial charge in [-0.1, -0.05) is 29.4 Å². The molecule has 0 aliphatic rings. The van der Waals surface area contributed by atoms with Crippen LogP contribution in [0.15, 0.2) is 64.5 Å². The predicted molar refractivity (Wildman–Crippen MR) is 84.3 cm³/mol. The van der Waals surface area contributed by atoms with E-state index in [1.807, 2.05) is 36.4 Å². The Balaban J connectivity index is 1.98. The Labute approximate surface area is 130 Å². The monoisotopic (exact) mass is 315 g/mol. The van der Waals surface area contributed by atoms with Crippen molar-refractivity contribution >= 4 is 40.2 Å². The average Bonchev–Trinajstić information content (AvgIpc) is 2.48. The molecule has 0 unspecified atom stereocenters. The van der Waals surface area contributed by atoms with E-state index in [0.29, 0.717) is 15.9 Å². The van der Waals surface area contributed by atoms with Crippen molar-refractivity contribution in [2.45, 2.75) is 9.92 Å². The number of rotatable bonds is 3. The van der Waals surface area contributed by atoms with Crippen LogP contribution in [0.2, 0.25) is 5.02 Å². The molecule has 0 saturated carbocycles. The van der Waals surface area contributed by atoms with Crippen molar-refractivity contribution in [3.8, 4) is 0 Å². The normalized spacial score (nSPS) is 10.7. The van der Waals surface area contributed by atoms with Crippen LogP contribution in [0.3, 0.4) is 0 Å². The zero-order valence-corrected chi connectivity index (χ0v) is 12.4. The number of hydrogen-bond acceptors (Lipinski definition) is 3. The van der Waals surface area contributed by atoms with Crippen molar-refractivity contribution in [2.75, 3.05) is 0 Å². The lowest BCUT2D eigenvalue weighted by Gasteiger charge is -2.05. The lowest BCUT2D eigenvalue weighted by molar-refractivity contribution is 0.0699. The number of aromatic carboxylic acids is 1. The van der Waals surface area contributed by atoms with Gasteiger partial charge < -0.3 is 5.11 Å². The molecular formula is C16H10ClNO2S. The fourth-order valence-electron chi connectivity index (χ4n) is 2.00. The quantitative estimate of drug-likeness (QED) is 0.758. The van der Waals surface area contributed by atoms with Crippen molar-refractivity contribution in [1.82, 2.24) is 4.98 Å². The Bertz CT molecular complexity index is 818. The van der Waals surface area contributed by atoms with Crippen LogP contribution in [-0.2, 0) is 0 Å². The molecule has 0 aliphatic heterocycles. The molecule has 0 atom stereocenters. The van der Waals surface area contributed by atoms with E-state index >= 15 is 0 Å². The third kappa shape index (κ3) is 3.01. The minimum Gasteiger partial charge on any atom is -0.478 e. The number of fused-ring (bicyclic) bond motifs is 1. The maximum atomic E-state index is 11.2. The third-order valence-corrected chi connectivity index (χ3v) is 4.17. The molecule has 0 bridgehead atoms. The zero-order chi connectivity index (χ0) is 14.8. The Kier molecular flexibility index (Phi) is 3.82. The van der Waals surface area contributed by atoms with Gasteiger partial charge in [0.25, 0.3) is 0 Å². The minimum atomic E-state index is -0.944. The van der Waals surface area contributed by atoms with Crippen LogP contribution in [0.25, 0.3) is 10.9 Å². The van der Waals surface area contributed by atoms with Gasteiger partial charge >= 0.3 is 5.97 Å². The number of pyridine rings is 1. The second-order valence-electron chi connectivity index (χ2n) is 4.38. The highest BCUT2D eigenvalue weighted by molar-refractivity contribution is 7.99. The molecule has 0 radical (unpaired) electrons. The van der Waals surface area contributed by atoms with Crippen LogP contribution in [0.5, 0.6) is 0 Å². The van der Waals surface area contributed by atoms with Gasteiger partial charge in [-0.25, -0.2) is 9.78 Å². The molecule has 0 spiro atoms. The molecule has 3 nitrogen and oxygen atoms in total. The Morgan fingerprint density at radius 1 is 1.05 bits per heavy atom. The number of hydrogen-bond donors (Lipinski definition) is 1. The van der Waals surface area contributed by atoms with E-state index in [9.17, 15) is 4.79 Å². The van der Waals surface area contributed by atoms with Gasteiger partial charge in [0.05, 0.1) is 11.1 Å². The van der Waals surface area contributed by atoms with Crippen molar-refractivity contribution in [3.05, 3.63) is 65.2 Å². The largest absolute Gasteiger partial charge is 0.478 e. The van der Waals surface area contributed by atoms with Gasteiger partial charge in [-0.2, -0.15) is 0 Å². The highest BCUT2D eigenvalue weighted by Crippen LogP contribution is 2.29. The summed E-state index contributed by atoms with van der Waals surface area (Å²) < 4.78 is 0. The highest BCUT2D eigenvalue weighted by atomic mass is 35.5. The number of carboxylic acid groups (broad SMARTS) is 1. The molecule has 3 rings (SSSR count). The number of carboxylic acids is 1. The third-order valence-electron chi connectivity index (χ3n) is 2.97. The Morgan fingerprint density at radius 2 is 1.81 bits per heavy atom. The van der Waals surface area contributed by atoms with E-state index < -0.39 is 5.97 Å². The summed E-state index contributed by atoms with van der Waals surface area (Å²) in [5.74, 6) is -0.944. The van der Waals surface area contributed by atoms with Gasteiger partial charge in [-0.05, 0) is 48.5 Å². The molecule has 3 aromatic rings. The van der Waals surface area contributed by atoms with Gasteiger partial charge in [0.15, 0.2) is 0 Å². The molecule has 5 heteroatoms. The molecule has 0 saturated heterocycles. The van der Waals surface area contributed by atoms with Gasteiger partial charge in [0.2, 0.25) is 0 Å². The van der Waals surface area contributed by atoms with Crippen LogP contribution < -0.4 is 0 Å². The first kappa shape index (κ1) is 13.9. The van der Waals surface area contributed by atoms with E-state index in [0.717, 1.165) is 9.92 Å². The number of benzene rings is 2. The average molecular weight is 316 g/mol. The first-order valence-electron chi connectivity index (χ1n) is 6.20. The van der Waals surface area contributed by atoms with Crippen LogP contribution >= 0.6 is 23.4 Å². The molecule has 0 amide bonds. The van der Waals surface area contributed by atoms with Crippen LogP contribution in [0, 0.1) is 0 Å². The highest BCUT2D eigenvalue weighted by Gasteiger charge is 2.09. The summed E-state index contributed by atoms with van der Waals surface area (Å²) in [6.07, 6.45) is 0. The van der Waals surface area contributed by atoms with E-state index in [2.05, 4.69) is 4.98 Å². The molecule has 21 heavy (non-hydrogen) atoms. The molecule has 104 valence electrons. The van der Waals surface area contributed by atoms with Crippen molar-refractivity contribution < 1.29 is 9.90 Å². The van der Waals surface area contributed by atoms with Crippen LogP contribution in [0.4, 0.5) is 0 Å². The summed E-state index contributed by atoms with van der Waals surface area (Å²) in [6, 6.07) is 16.2. The van der Waals surface area contributed by atoms with Crippen molar-refractivity contribution in [3.63, 3.8) is 0 Å². The smallest absolute Gasteiger partial charge is 0.336 e. The zero-order valence-electron chi connectivity index (χ0n) is 10.8. The molecule has 1 heterocycles. The molecular weight excluding hydrogens is 306 g/mol. The second kappa shape index (κ2) is 5.76. The summed E-state index contributed by atoms with van der Waals surface area (Å²) in [5, 5.41) is 11.3. The van der Waals surface area contributed by atoms with E-state index in [1.165, 1.54) is 11.8 Å². The van der Waals surface area contributed by atoms with E-state index in [-0.39, 0.29) is 5.56 Å². The van der Waals surface area contributed by atoms with Crippen LogP contribution in [0.1, 0.15) is 10.4 Å². The molecule has 1 aromatic heterocycles. The van der Waals surface area contributed by atoms with E-state index in [4.69, 9.17) is 16.7 Å². The van der Waals surface area contributed by atoms with Gasteiger partial charge in [0, 0.05) is 15.3 Å². The van der Waals surface area contributed by atoms with Crippen molar-refractivity contribution in [2.24, 2.45) is 0 Å². The van der Waals surface area contributed by atoms with Gasteiger partial charge in [-0.15, -0.1) is 0 Å². The number of nitrogens with zero attached hydrogens (tertiary/aromatic N) is 1. The molecule has 0 aliphatic carbocycles. The van der Waals surface area contributed by atoms with Crippen LogP contribution in [-0.4, -0.2) is 16.1 Å². The first-order chi connectivity index (χ1) is 10.1. The van der Waals surface area contributed by atoms with Gasteiger partial charge in [0.1, 0.15) is 5.03 Å². The van der Waals surface area contributed by atoms with E-state index in [1.54, 1.807) is 18.2 Å². The summed E-state index contributed by atoms with van der Waals surface area (Å²) in [7, 11) is 0. The fourth-order valence-corrected chi connectivity index (χ4v) is 2.92. The van der Waals surface area contributed by atoms with Gasteiger partial charge in [-0.3, -0.25) is 0 Å². The Hall–Kier alpha value is -2.04. The molecule has 2 aromatic carbocycles. The summed E-state index contributed by atoms with van der Waals surface area (Å²) in [5.41, 5.74) is 0.942. The Morgan fingerprint density at radius 3 is 2.52 bits per heavy atom. The van der Waals surface area contributed by atoms with Crippen molar-refractivity contribution in [1.29, 1.82) is 0 Å². The number of aromatic nitrogens is 1. The molecule has 0 fully saturated rings. The fraction of sp³-hybridized carbons (Fsp3) is 0. The standard InChI is InChI=1S/C16H10ClNO2S/c17-10-4-6-11(7-5-10)21-15-9-8-12-13(16(19)20)2-1-3-14(12)18-15/h1-9H,(H,19,20). The first-order valence-corrected chi connectivity index (χ1v) is 7.39. The number of halogens is 1. The lowest BCUT2D eigenvalue weighted by atomic mass is 10.1. The maximum absolute atomic E-state index is 11.2. The number of carbonyl (C=O) groups is 1. The lowest BCUT2D eigenvalue weighted by Crippen LogP contribution is -1.97. The molecule has 1 N–H and O–H groups in total. The maximum Gasteiger partial charge on any atom is 0.336 e. The minimum absolute atomic E-state index is 0.267.